The molecule has 0 amide bonds. The summed E-state index contributed by atoms with van der Waals surface area (Å²) in [6.07, 6.45) is 5.17. The molecule has 0 atom stereocenters. The average Bonchev–Trinajstić information content (AvgIpc) is 2.97. The molecule has 1 aliphatic carbocycles. The van der Waals surface area contributed by atoms with Crippen LogP contribution in [-0.2, 0) is 6.54 Å². The number of hydrogen-bond acceptors (Lipinski definition) is 4. The lowest BCUT2D eigenvalue weighted by Crippen LogP contribution is -2.25. The minimum absolute atomic E-state index is 0.0622. The monoisotopic (exact) mass is 263 g/mol. The smallest absolute Gasteiger partial charge is 0.173 e. The molecule has 2 rings (SSSR count). The lowest BCUT2D eigenvalue weighted by atomic mass is 10.1. The minimum atomic E-state index is 0.0622. The zero-order chi connectivity index (χ0) is 13.7. The Morgan fingerprint density at radius 3 is 2.84 bits per heavy atom. The number of oxime groups is 1. The Hall–Kier alpha value is -1.75. The van der Waals surface area contributed by atoms with E-state index in [-0.39, 0.29) is 5.84 Å². The Morgan fingerprint density at radius 2 is 2.21 bits per heavy atom. The number of amidine groups is 1. The molecule has 19 heavy (non-hydrogen) atoms. The van der Waals surface area contributed by atoms with Crippen molar-refractivity contribution >= 4 is 5.84 Å². The largest absolute Gasteiger partial charge is 0.496 e. The normalized spacial score (nSPS) is 16.8. The maximum Gasteiger partial charge on any atom is 0.173 e. The van der Waals surface area contributed by atoms with Crippen molar-refractivity contribution in [2.75, 3.05) is 7.11 Å². The van der Waals surface area contributed by atoms with E-state index in [0.29, 0.717) is 17.4 Å². The van der Waals surface area contributed by atoms with Gasteiger partial charge in [0, 0.05) is 12.6 Å². The molecule has 0 unspecified atom stereocenters. The van der Waals surface area contributed by atoms with Crippen LogP contribution in [0.3, 0.4) is 0 Å². The maximum atomic E-state index is 8.72. The topological polar surface area (TPSA) is 79.9 Å². The number of nitrogens with two attached hydrogens (primary N) is 1. The van der Waals surface area contributed by atoms with E-state index in [1.54, 1.807) is 7.11 Å². The second-order valence-electron chi connectivity index (χ2n) is 4.88. The van der Waals surface area contributed by atoms with Crippen LogP contribution in [0.15, 0.2) is 23.4 Å². The van der Waals surface area contributed by atoms with Gasteiger partial charge in [-0.15, -0.1) is 0 Å². The molecular weight excluding hydrogens is 242 g/mol. The molecule has 0 aliphatic heterocycles. The molecule has 104 valence electrons. The van der Waals surface area contributed by atoms with Crippen molar-refractivity contribution in [3.63, 3.8) is 0 Å². The summed E-state index contributed by atoms with van der Waals surface area (Å²) in [5.74, 6) is 0.688. The summed E-state index contributed by atoms with van der Waals surface area (Å²) < 4.78 is 5.28. The number of nitrogens with one attached hydrogen (secondary N) is 1. The van der Waals surface area contributed by atoms with Gasteiger partial charge in [0.15, 0.2) is 5.84 Å². The van der Waals surface area contributed by atoms with E-state index < -0.39 is 0 Å². The number of benzene rings is 1. The second kappa shape index (κ2) is 6.43. The van der Waals surface area contributed by atoms with Crippen LogP contribution in [0.25, 0.3) is 0 Å². The molecule has 5 nitrogen and oxygen atoms in total. The summed E-state index contributed by atoms with van der Waals surface area (Å²) in [6.45, 7) is 0.817. The van der Waals surface area contributed by atoms with Gasteiger partial charge >= 0.3 is 0 Å². The molecule has 4 N–H and O–H groups in total. The first-order valence-corrected chi connectivity index (χ1v) is 6.62. The van der Waals surface area contributed by atoms with Gasteiger partial charge in [-0.3, -0.25) is 0 Å². The van der Waals surface area contributed by atoms with Crippen LogP contribution in [-0.4, -0.2) is 24.2 Å². The molecule has 1 aromatic carbocycles. The summed E-state index contributed by atoms with van der Waals surface area (Å²) in [6, 6.07) is 6.35. The summed E-state index contributed by atoms with van der Waals surface area (Å²) in [5, 5.41) is 15.3. The van der Waals surface area contributed by atoms with E-state index in [1.165, 1.54) is 25.7 Å². The van der Waals surface area contributed by atoms with Crippen LogP contribution in [0.5, 0.6) is 5.75 Å². The molecule has 0 aromatic heterocycles. The Bertz CT molecular complexity index is 454. The molecule has 0 saturated heterocycles. The summed E-state index contributed by atoms with van der Waals surface area (Å²) >= 11 is 0. The number of ether oxygens (including phenoxy) is 1. The van der Waals surface area contributed by atoms with Crippen molar-refractivity contribution in [3.8, 4) is 5.75 Å². The van der Waals surface area contributed by atoms with Crippen molar-refractivity contribution in [1.82, 2.24) is 5.32 Å². The third kappa shape index (κ3) is 3.38. The number of methoxy groups -OCH3 is 1. The van der Waals surface area contributed by atoms with Gasteiger partial charge in [0.2, 0.25) is 0 Å². The highest BCUT2D eigenvalue weighted by Gasteiger charge is 2.14. The second-order valence-corrected chi connectivity index (χ2v) is 4.88. The van der Waals surface area contributed by atoms with Crippen LogP contribution < -0.4 is 15.8 Å². The van der Waals surface area contributed by atoms with Crippen molar-refractivity contribution in [2.24, 2.45) is 10.9 Å². The molecule has 1 aromatic rings. The standard InChI is InChI=1S/C14H21N3O2/c1-19-13-8-10(6-7-12(13)14(15)17-18)9-16-11-4-2-3-5-11/h6-8,11,16,18H,2-5,9H2,1H3,(H2,15,17). The van der Waals surface area contributed by atoms with Gasteiger partial charge in [-0.05, 0) is 30.5 Å². The molecule has 0 heterocycles. The number of hydrogen-bond donors (Lipinski definition) is 3. The summed E-state index contributed by atoms with van der Waals surface area (Å²) in [4.78, 5) is 0. The number of rotatable bonds is 5. The fraction of sp³-hybridized carbons (Fsp3) is 0.500. The molecule has 1 fully saturated rings. The summed E-state index contributed by atoms with van der Waals surface area (Å²) in [5.41, 5.74) is 7.34. The third-order valence-electron chi connectivity index (χ3n) is 3.60. The lowest BCUT2D eigenvalue weighted by Gasteiger charge is -2.13. The van der Waals surface area contributed by atoms with Gasteiger partial charge in [-0.2, -0.15) is 0 Å². The van der Waals surface area contributed by atoms with Crippen LogP contribution >= 0.6 is 0 Å². The van der Waals surface area contributed by atoms with Gasteiger partial charge in [-0.25, -0.2) is 0 Å². The van der Waals surface area contributed by atoms with Gasteiger partial charge in [0.1, 0.15) is 5.75 Å². The Labute approximate surface area is 113 Å². The van der Waals surface area contributed by atoms with Crippen LogP contribution in [0.2, 0.25) is 0 Å². The highest BCUT2D eigenvalue weighted by atomic mass is 16.5. The fourth-order valence-electron chi connectivity index (χ4n) is 2.50. The molecule has 1 saturated carbocycles. The lowest BCUT2D eigenvalue weighted by molar-refractivity contribution is 0.318. The van der Waals surface area contributed by atoms with E-state index >= 15 is 0 Å². The quantitative estimate of drug-likeness (QED) is 0.328. The van der Waals surface area contributed by atoms with Gasteiger partial charge < -0.3 is 21.0 Å². The predicted octanol–water partition coefficient (Wildman–Crippen LogP) is 1.82. The van der Waals surface area contributed by atoms with E-state index in [2.05, 4.69) is 10.5 Å². The fourth-order valence-corrected chi connectivity index (χ4v) is 2.50. The number of nitrogens with zero attached hydrogens (tertiary/aromatic N) is 1. The van der Waals surface area contributed by atoms with E-state index in [1.807, 2.05) is 18.2 Å². The molecular formula is C14H21N3O2. The van der Waals surface area contributed by atoms with Crippen LogP contribution in [0.1, 0.15) is 36.8 Å². The van der Waals surface area contributed by atoms with Crippen molar-refractivity contribution < 1.29 is 9.94 Å². The Balaban J connectivity index is 2.05. The predicted molar refractivity (Wildman–Crippen MR) is 74.6 cm³/mol. The maximum absolute atomic E-state index is 8.72. The van der Waals surface area contributed by atoms with E-state index in [0.717, 1.165) is 12.1 Å². The van der Waals surface area contributed by atoms with E-state index in [9.17, 15) is 0 Å². The Kier molecular flexibility index (Phi) is 4.63. The first-order chi connectivity index (χ1) is 9.24. The van der Waals surface area contributed by atoms with Crippen molar-refractivity contribution in [3.05, 3.63) is 29.3 Å². The van der Waals surface area contributed by atoms with Gasteiger partial charge in [-0.1, -0.05) is 24.1 Å². The molecule has 0 spiro atoms. The SMILES string of the molecule is COc1cc(CNC2CCCC2)ccc1/C(N)=N/O. The van der Waals surface area contributed by atoms with Gasteiger partial charge in [0.05, 0.1) is 12.7 Å². The first kappa shape index (κ1) is 13.7. The zero-order valence-electron chi connectivity index (χ0n) is 11.2. The highest BCUT2D eigenvalue weighted by Crippen LogP contribution is 2.21. The highest BCUT2D eigenvalue weighted by molar-refractivity contribution is 5.99. The Morgan fingerprint density at radius 1 is 1.47 bits per heavy atom. The zero-order valence-corrected chi connectivity index (χ0v) is 11.2. The third-order valence-corrected chi connectivity index (χ3v) is 3.60. The van der Waals surface area contributed by atoms with Crippen molar-refractivity contribution in [1.29, 1.82) is 0 Å². The van der Waals surface area contributed by atoms with Crippen molar-refractivity contribution in [2.45, 2.75) is 38.3 Å². The molecule has 5 heteroatoms. The average molecular weight is 263 g/mol. The van der Waals surface area contributed by atoms with Crippen LogP contribution in [0, 0.1) is 0 Å². The first-order valence-electron chi connectivity index (χ1n) is 6.62. The van der Waals surface area contributed by atoms with Gasteiger partial charge in [0.25, 0.3) is 0 Å². The molecule has 0 radical (unpaired) electrons. The van der Waals surface area contributed by atoms with Crippen LogP contribution in [0.4, 0.5) is 0 Å². The molecule has 0 bridgehead atoms. The molecule has 1 aliphatic rings. The summed E-state index contributed by atoms with van der Waals surface area (Å²) in [7, 11) is 1.58. The van der Waals surface area contributed by atoms with E-state index in [4.69, 9.17) is 15.7 Å². The minimum Gasteiger partial charge on any atom is -0.496 e.